The summed E-state index contributed by atoms with van der Waals surface area (Å²) in [5.74, 6) is 0. The van der Waals surface area contributed by atoms with Crippen molar-refractivity contribution >= 4 is 17.0 Å². The zero-order chi connectivity index (χ0) is 11.2. The van der Waals surface area contributed by atoms with E-state index in [2.05, 4.69) is 16.4 Å². The molecule has 0 aliphatic rings. The minimum absolute atomic E-state index is 0.681. The van der Waals surface area contributed by atoms with E-state index in [0.717, 1.165) is 24.3 Å². The van der Waals surface area contributed by atoms with Crippen molar-refractivity contribution in [3.05, 3.63) is 46.4 Å². The Morgan fingerprint density at radius 2 is 2.25 bits per heavy atom. The Bertz CT molecular complexity index is 485. The molecule has 0 spiro atoms. The highest BCUT2D eigenvalue weighted by molar-refractivity contribution is 7.07. The van der Waals surface area contributed by atoms with Crippen molar-refractivity contribution in [3.8, 4) is 6.07 Å². The van der Waals surface area contributed by atoms with E-state index in [-0.39, 0.29) is 0 Å². The van der Waals surface area contributed by atoms with Gasteiger partial charge in [0.2, 0.25) is 0 Å². The van der Waals surface area contributed by atoms with Crippen LogP contribution in [-0.4, -0.2) is 11.5 Å². The van der Waals surface area contributed by atoms with Crippen LogP contribution >= 0.6 is 11.3 Å². The molecule has 0 amide bonds. The van der Waals surface area contributed by atoms with Gasteiger partial charge >= 0.3 is 0 Å². The Morgan fingerprint density at radius 3 is 3.00 bits per heavy atom. The van der Waals surface area contributed by atoms with E-state index >= 15 is 0 Å². The van der Waals surface area contributed by atoms with Crippen LogP contribution in [0.1, 0.15) is 11.3 Å². The molecule has 0 unspecified atom stereocenters. The van der Waals surface area contributed by atoms with Gasteiger partial charge in [0.05, 0.1) is 22.5 Å². The molecular formula is C12H11N3S. The number of hydrogen-bond acceptors (Lipinski definition) is 4. The lowest BCUT2D eigenvalue weighted by Gasteiger charge is -2.06. The van der Waals surface area contributed by atoms with E-state index in [1.807, 2.05) is 35.2 Å². The minimum Gasteiger partial charge on any atom is -0.384 e. The number of rotatable bonds is 4. The van der Waals surface area contributed by atoms with Gasteiger partial charge in [-0.15, -0.1) is 11.3 Å². The van der Waals surface area contributed by atoms with E-state index in [1.54, 1.807) is 11.3 Å². The molecule has 80 valence electrons. The maximum atomic E-state index is 8.90. The molecule has 2 rings (SSSR count). The van der Waals surface area contributed by atoms with Gasteiger partial charge in [-0.25, -0.2) is 4.98 Å². The van der Waals surface area contributed by atoms with Crippen LogP contribution < -0.4 is 5.32 Å². The highest BCUT2D eigenvalue weighted by atomic mass is 32.1. The molecule has 0 saturated carbocycles. The predicted octanol–water partition coefficient (Wildman–Crippen LogP) is 2.67. The number of thiazole rings is 1. The number of para-hydroxylation sites is 1. The molecule has 3 nitrogen and oxygen atoms in total. The van der Waals surface area contributed by atoms with Gasteiger partial charge in [0, 0.05) is 18.3 Å². The standard InChI is InChI=1S/C12H11N3S/c13-7-10-3-1-2-4-12(10)14-6-5-11-8-16-9-15-11/h1-4,8-9,14H,5-6H2. The lowest BCUT2D eigenvalue weighted by atomic mass is 10.2. The molecule has 1 N–H and O–H groups in total. The molecule has 0 bridgehead atoms. The van der Waals surface area contributed by atoms with Gasteiger partial charge in [0.15, 0.2) is 0 Å². The number of nitrogens with zero attached hydrogens (tertiary/aromatic N) is 2. The summed E-state index contributed by atoms with van der Waals surface area (Å²) in [6.45, 7) is 0.794. The number of benzene rings is 1. The Morgan fingerprint density at radius 1 is 1.38 bits per heavy atom. The van der Waals surface area contributed by atoms with Crippen molar-refractivity contribution in [3.63, 3.8) is 0 Å². The smallest absolute Gasteiger partial charge is 0.101 e. The highest BCUT2D eigenvalue weighted by Gasteiger charge is 2.00. The van der Waals surface area contributed by atoms with Crippen molar-refractivity contribution in [1.82, 2.24) is 4.98 Å². The number of hydrogen-bond donors (Lipinski definition) is 1. The van der Waals surface area contributed by atoms with Crippen LogP contribution in [0, 0.1) is 11.3 Å². The largest absolute Gasteiger partial charge is 0.384 e. The van der Waals surface area contributed by atoms with Crippen LogP contribution in [0.25, 0.3) is 0 Å². The number of aromatic nitrogens is 1. The Labute approximate surface area is 98.4 Å². The summed E-state index contributed by atoms with van der Waals surface area (Å²) in [4.78, 5) is 4.20. The average Bonchev–Trinajstić information content (AvgIpc) is 2.83. The number of nitriles is 1. The van der Waals surface area contributed by atoms with Gasteiger partial charge in [-0.2, -0.15) is 5.26 Å². The topological polar surface area (TPSA) is 48.7 Å². The van der Waals surface area contributed by atoms with Gasteiger partial charge < -0.3 is 5.32 Å². The molecular weight excluding hydrogens is 218 g/mol. The van der Waals surface area contributed by atoms with Gasteiger partial charge in [-0.1, -0.05) is 12.1 Å². The molecule has 4 heteroatoms. The molecule has 1 heterocycles. The molecule has 16 heavy (non-hydrogen) atoms. The zero-order valence-corrected chi connectivity index (χ0v) is 9.50. The summed E-state index contributed by atoms with van der Waals surface area (Å²) in [5.41, 5.74) is 4.49. The van der Waals surface area contributed by atoms with Crippen molar-refractivity contribution in [2.75, 3.05) is 11.9 Å². The molecule has 1 aromatic carbocycles. The fourth-order valence-electron chi connectivity index (χ4n) is 1.42. The summed E-state index contributed by atoms with van der Waals surface area (Å²) in [6.07, 6.45) is 0.878. The maximum absolute atomic E-state index is 8.90. The third-order valence-electron chi connectivity index (χ3n) is 2.23. The predicted molar refractivity (Wildman–Crippen MR) is 65.5 cm³/mol. The first-order valence-electron chi connectivity index (χ1n) is 5.00. The molecule has 0 atom stereocenters. The van der Waals surface area contributed by atoms with E-state index in [0.29, 0.717) is 5.56 Å². The van der Waals surface area contributed by atoms with Crippen molar-refractivity contribution in [2.24, 2.45) is 0 Å². The summed E-state index contributed by atoms with van der Waals surface area (Å²) in [6, 6.07) is 9.68. The van der Waals surface area contributed by atoms with Crippen LogP contribution in [0.2, 0.25) is 0 Å². The van der Waals surface area contributed by atoms with Crippen LogP contribution in [0.5, 0.6) is 0 Å². The van der Waals surface area contributed by atoms with Gasteiger partial charge in [0.25, 0.3) is 0 Å². The van der Waals surface area contributed by atoms with Crippen LogP contribution in [0.4, 0.5) is 5.69 Å². The molecule has 1 aromatic heterocycles. The fourth-order valence-corrected chi connectivity index (χ4v) is 2.01. The van der Waals surface area contributed by atoms with Crippen LogP contribution in [0.15, 0.2) is 35.2 Å². The fraction of sp³-hybridized carbons (Fsp3) is 0.167. The van der Waals surface area contributed by atoms with Crippen molar-refractivity contribution in [1.29, 1.82) is 5.26 Å². The summed E-state index contributed by atoms with van der Waals surface area (Å²) < 4.78 is 0. The van der Waals surface area contributed by atoms with Crippen LogP contribution in [-0.2, 0) is 6.42 Å². The summed E-state index contributed by atoms with van der Waals surface area (Å²) in [7, 11) is 0. The quantitative estimate of drug-likeness (QED) is 0.876. The van der Waals surface area contributed by atoms with Gasteiger partial charge in [-0.05, 0) is 12.1 Å². The second kappa shape index (κ2) is 5.29. The third kappa shape index (κ3) is 2.59. The molecule has 0 aliphatic heterocycles. The van der Waals surface area contributed by atoms with Crippen LogP contribution in [0.3, 0.4) is 0 Å². The van der Waals surface area contributed by atoms with Crippen molar-refractivity contribution < 1.29 is 0 Å². The summed E-state index contributed by atoms with van der Waals surface area (Å²) >= 11 is 1.60. The van der Waals surface area contributed by atoms with Gasteiger partial charge in [-0.3, -0.25) is 0 Å². The average molecular weight is 229 g/mol. The molecule has 0 fully saturated rings. The van der Waals surface area contributed by atoms with E-state index in [4.69, 9.17) is 5.26 Å². The normalized spacial score (nSPS) is 9.69. The minimum atomic E-state index is 0.681. The highest BCUT2D eigenvalue weighted by Crippen LogP contribution is 2.13. The van der Waals surface area contributed by atoms with Crippen molar-refractivity contribution in [2.45, 2.75) is 6.42 Å². The van der Waals surface area contributed by atoms with E-state index < -0.39 is 0 Å². The maximum Gasteiger partial charge on any atom is 0.101 e. The lowest BCUT2D eigenvalue weighted by Crippen LogP contribution is -2.06. The Kier molecular flexibility index (Phi) is 3.52. The zero-order valence-electron chi connectivity index (χ0n) is 8.68. The molecule has 0 aliphatic carbocycles. The first kappa shape index (κ1) is 10.7. The van der Waals surface area contributed by atoms with E-state index in [1.165, 1.54) is 0 Å². The number of anilines is 1. The molecule has 0 saturated heterocycles. The monoisotopic (exact) mass is 229 g/mol. The second-order valence-electron chi connectivity index (χ2n) is 3.31. The summed E-state index contributed by atoms with van der Waals surface area (Å²) in [5, 5.41) is 14.2. The lowest BCUT2D eigenvalue weighted by molar-refractivity contribution is 0.976. The Balaban J connectivity index is 1.93. The first-order chi connectivity index (χ1) is 7.90. The molecule has 2 aromatic rings. The van der Waals surface area contributed by atoms with E-state index in [9.17, 15) is 0 Å². The SMILES string of the molecule is N#Cc1ccccc1NCCc1cscn1. The molecule has 0 radical (unpaired) electrons. The Hall–Kier alpha value is -1.86. The second-order valence-corrected chi connectivity index (χ2v) is 4.03. The van der Waals surface area contributed by atoms with Gasteiger partial charge in [0.1, 0.15) is 6.07 Å². The third-order valence-corrected chi connectivity index (χ3v) is 2.86. The first-order valence-corrected chi connectivity index (χ1v) is 5.94. The number of nitrogens with one attached hydrogen (secondary N) is 1.